The highest BCUT2D eigenvalue weighted by Crippen LogP contribution is 2.36. The number of benzene rings is 2. The van der Waals surface area contributed by atoms with Crippen molar-refractivity contribution in [3.8, 4) is 17.0 Å². The van der Waals surface area contributed by atoms with E-state index in [0.717, 1.165) is 45.9 Å². The van der Waals surface area contributed by atoms with Gasteiger partial charge in [-0.2, -0.15) is 0 Å². The number of hydrogen-bond acceptors (Lipinski definition) is 5. The highest BCUT2D eigenvalue weighted by Gasteiger charge is 2.28. The lowest BCUT2D eigenvalue weighted by Gasteiger charge is -2.29. The van der Waals surface area contributed by atoms with E-state index in [0.29, 0.717) is 11.4 Å². The minimum absolute atomic E-state index is 0.0807. The van der Waals surface area contributed by atoms with Crippen LogP contribution in [0.4, 0.5) is 11.4 Å². The number of thiazole rings is 1. The van der Waals surface area contributed by atoms with Crippen LogP contribution in [-0.4, -0.2) is 29.9 Å². The van der Waals surface area contributed by atoms with E-state index >= 15 is 0 Å². The Morgan fingerprint density at radius 3 is 2.85 bits per heavy atom. The van der Waals surface area contributed by atoms with Crippen LogP contribution in [0.5, 0.6) is 5.75 Å². The molecule has 33 heavy (non-hydrogen) atoms. The lowest BCUT2D eigenvalue weighted by Crippen LogP contribution is -2.43. The molecular formula is C26H29N3O3S. The number of anilines is 2. The summed E-state index contributed by atoms with van der Waals surface area (Å²) in [4.78, 5) is 32.0. The Bertz CT molecular complexity index is 1190. The third-order valence-electron chi connectivity index (χ3n) is 5.71. The van der Waals surface area contributed by atoms with Crippen molar-refractivity contribution in [1.29, 1.82) is 0 Å². The summed E-state index contributed by atoms with van der Waals surface area (Å²) >= 11 is 1.64. The van der Waals surface area contributed by atoms with Crippen molar-refractivity contribution < 1.29 is 14.3 Å². The Morgan fingerprint density at radius 1 is 1.27 bits per heavy atom. The van der Waals surface area contributed by atoms with E-state index in [1.807, 2.05) is 48.7 Å². The Kier molecular flexibility index (Phi) is 6.79. The molecule has 0 fully saturated rings. The predicted octanol–water partition coefficient (Wildman–Crippen LogP) is 5.56. The molecule has 2 amide bonds. The molecule has 172 valence electrons. The molecule has 1 aliphatic heterocycles. The molecule has 0 spiro atoms. The zero-order valence-electron chi connectivity index (χ0n) is 19.5. The molecule has 1 aromatic heterocycles. The molecule has 0 saturated heterocycles. The summed E-state index contributed by atoms with van der Waals surface area (Å²) in [7, 11) is 0. The molecule has 0 saturated carbocycles. The van der Waals surface area contributed by atoms with Crippen molar-refractivity contribution in [3.05, 3.63) is 57.9 Å². The van der Waals surface area contributed by atoms with Gasteiger partial charge in [0.2, 0.25) is 5.91 Å². The summed E-state index contributed by atoms with van der Waals surface area (Å²) in [5.41, 5.74) is 5.26. The van der Waals surface area contributed by atoms with Crippen molar-refractivity contribution in [1.82, 2.24) is 4.98 Å². The summed E-state index contributed by atoms with van der Waals surface area (Å²) < 4.78 is 5.63. The monoisotopic (exact) mass is 463 g/mol. The summed E-state index contributed by atoms with van der Waals surface area (Å²) in [6.07, 6.45) is 1.99. The van der Waals surface area contributed by atoms with Crippen LogP contribution in [0.3, 0.4) is 0 Å². The maximum absolute atomic E-state index is 13.0. The van der Waals surface area contributed by atoms with Gasteiger partial charge in [0.05, 0.1) is 16.4 Å². The number of fused-ring (bicyclic) bond motifs is 1. The first-order chi connectivity index (χ1) is 15.9. The van der Waals surface area contributed by atoms with Gasteiger partial charge in [0, 0.05) is 16.6 Å². The summed E-state index contributed by atoms with van der Waals surface area (Å²) in [5, 5.41) is 6.16. The Hall–Kier alpha value is -3.19. The van der Waals surface area contributed by atoms with E-state index in [9.17, 15) is 9.59 Å². The molecule has 2 aromatic carbocycles. The van der Waals surface area contributed by atoms with E-state index in [2.05, 4.69) is 26.1 Å². The fourth-order valence-electron chi connectivity index (χ4n) is 3.97. The van der Waals surface area contributed by atoms with E-state index in [1.54, 1.807) is 11.3 Å². The average molecular weight is 464 g/mol. The molecule has 6 nitrogen and oxygen atoms in total. The predicted molar refractivity (Wildman–Crippen MR) is 133 cm³/mol. The van der Waals surface area contributed by atoms with Gasteiger partial charge in [-0.3, -0.25) is 14.5 Å². The lowest BCUT2D eigenvalue weighted by atomic mass is 9.98. The molecule has 4 rings (SSSR count). The lowest BCUT2D eigenvalue weighted by molar-refractivity contribution is -0.123. The zero-order chi connectivity index (χ0) is 23.5. The molecule has 1 aliphatic rings. The highest BCUT2D eigenvalue weighted by molar-refractivity contribution is 7.09. The fourth-order valence-corrected chi connectivity index (χ4v) is 4.88. The number of rotatable bonds is 7. The molecular weight excluding hydrogens is 434 g/mol. The van der Waals surface area contributed by atoms with Gasteiger partial charge in [-0.1, -0.05) is 39.0 Å². The number of carbonyl (C=O) groups excluding carboxylic acids is 2. The van der Waals surface area contributed by atoms with Crippen LogP contribution < -0.4 is 15.0 Å². The largest absolute Gasteiger partial charge is 0.482 e. The number of amides is 2. The molecule has 7 heteroatoms. The number of aromatic nitrogens is 1. The number of ether oxygens (including phenoxy) is 1. The van der Waals surface area contributed by atoms with Crippen molar-refractivity contribution in [2.24, 2.45) is 0 Å². The van der Waals surface area contributed by atoms with Gasteiger partial charge in [0.25, 0.3) is 5.91 Å². The number of carbonyl (C=O) groups is 2. The second kappa shape index (κ2) is 9.75. The van der Waals surface area contributed by atoms with E-state index in [1.165, 1.54) is 4.90 Å². The first kappa shape index (κ1) is 23.0. The van der Waals surface area contributed by atoms with E-state index in [-0.39, 0.29) is 30.9 Å². The first-order valence-electron chi connectivity index (χ1n) is 11.3. The third-order valence-corrected chi connectivity index (χ3v) is 6.62. The van der Waals surface area contributed by atoms with Crippen molar-refractivity contribution >= 4 is 34.5 Å². The maximum Gasteiger partial charge on any atom is 0.265 e. The standard InChI is InChI=1S/C26H29N3O3S/c1-5-7-24-27-20(15-33-24)18-10-11-22-21(12-18)29(25(31)14-32-22)13-23(30)28-26-17(4)8-6-9-19(26)16(2)3/h6,8-12,15-16H,5,7,13-14H2,1-4H3,(H,28,30). The molecule has 0 radical (unpaired) electrons. The van der Waals surface area contributed by atoms with Crippen molar-refractivity contribution in [3.63, 3.8) is 0 Å². The van der Waals surface area contributed by atoms with Crippen LogP contribution in [-0.2, 0) is 16.0 Å². The number of hydrogen-bond donors (Lipinski definition) is 1. The van der Waals surface area contributed by atoms with Gasteiger partial charge in [0.15, 0.2) is 6.61 Å². The summed E-state index contributed by atoms with van der Waals surface area (Å²) in [6.45, 7) is 8.13. The van der Waals surface area contributed by atoms with Crippen molar-refractivity contribution in [2.75, 3.05) is 23.4 Å². The fraction of sp³-hybridized carbons (Fsp3) is 0.346. The SMILES string of the molecule is CCCc1nc(-c2ccc3c(c2)N(CC(=O)Nc2c(C)cccc2C(C)C)C(=O)CO3)cs1. The van der Waals surface area contributed by atoms with Crippen molar-refractivity contribution in [2.45, 2.75) is 46.5 Å². The van der Waals surface area contributed by atoms with Gasteiger partial charge in [-0.25, -0.2) is 4.98 Å². The summed E-state index contributed by atoms with van der Waals surface area (Å²) in [5.74, 6) is 0.378. The van der Waals surface area contributed by atoms with E-state index in [4.69, 9.17) is 9.72 Å². The van der Waals surface area contributed by atoms with Gasteiger partial charge in [-0.05, 0) is 55.0 Å². The Labute approximate surface area is 198 Å². The molecule has 3 aromatic rings. The normalized spacial score (nSPS) is 13.1. The minimum atomic E-state index is -0.242. The third kappa shape index (κ3) is 4.93. The molecule has 0 unspecified atom stereocenters. The van der Waals surface area contributed by atoms with Crippen LogP contribution in [0.25, 0.3) is 11.3 Å². The van der Waals surface area contributed by atoms with Gasteiger partial charge >= 0.3 is 0 Å². The molecule has 0 aliphatic carbocycles. The summed E-state index contributed by atoms with van der Waals surface area (Å²) in [6, 6.07) is 11.7. The van der Waals surface area contributed by atoms with Crippen LogP contribution in [0, 0.1) is 6.92 Å². The van der Waals surface area contributed by atoms with Crippen LogP contribution in [0.1, 0.15) is 49.2 Å². The van der Waals surface area contributed by atoms with Gasteiger partial charge in [0.1, 0.15) is 12.3 Å². The average Bonchev–Trinajstić information content (AvgIpc) is 3.25. The topological polar surface area (TPSA) is 71.5 Å². The molecule has 0 atom stereocenters. The van der Waals surface area contributed by atoms with Gasteiger partial charge in [-0.15, -0.1) is 11.3 Å². The molecule has 1 N–H and O–H groups in total. The second-order valence-electron chi connectivity index (χ2n) is 8.57. The zero-order valence-corrected chi connectivity index (χ0v) is 20.3. The highest BCUT2D eigenvalue weighted by atomic mass is 32.1. The van der Waals surface area contributed by atoms with Gasteiger partial charge < -0.3 is 10.1 Å². The Balaban J connectivity index is 1.59. The van der Waals surface area contributed by atoms with Crippen LogP contribution in [0.15, 0.2) is 41.8 Å². The van der Waals surface area contributed by atoms with E-state index < -0.39 is 0 Å². The number of nitrogens with zero attached hydrogens (tertiary/aromatic N) is 2. The minimum Gasteiger partial charge on any atom is -0.482 e. The number of aryl methyl sites for hydroxylation is 2. The number of para-hydroxylation sites is 1. The number of nitrogens with one attached hydrogen (secondary N) is 1. The Morgan fingerprint density at radius 2 is 2.09 bits per heavy atom. The molecule has 2 heterocycles. The first-order valence-corrected chi connectivity index (χ1v) is 12.2. The van der Waals surface area contributed by atoms with Crippen LogP contribution >= 0.6 is 11.3 Å². The smallest absolute Gasteiger partial charge is 0.265 e. The van der Waals surface area contributed by atoms with Crippen LogP contribution in [0.2, 0.25) is 0 Å². The second-order valence-corrected chi connectivity index (χ2v) is 9.51. The quantitative estimate of drug-likeness (QED) is 0.498. The molecule has 0 bridgehead atoms. The maximum atomic E-state index is 13.0.